The van der Waals surface area contributed by atoms with E-state index in [2.05, 4.69) is 56.9 Å². The van der Waals surface area contributed by atoms with E-state index in [1.807, 2.05) is 25.1 Å². The summed E-state index contributed by atoms with van der Waals surface area (Å²) in [6.45, 7) is 12.3. The molecule has 0 amide bonds. The highest BCUT2D eigenvalue weighted by molar-refractivity contribution is 5.69. The summed E-state index contributed by atoms with van der Waals surface area (Å²) in [5.74, 6) is 0.226. The highest BCUT2D eigenvalue weighted by Gasteiger charge is 2.19. The Balaban J connectivity index is 2.15. The second kappa shape index (κ2) is 13.3. The monoisotopic (exact) mass is 439 g/mol. The van der Waals surface area contributed by atoms with Crippen molar-refractivity contribution in [2.75, 3.05) is 6.54 Å². The lowest BCUT2D eigenvalue weighted by molar-refractivity contribution is -0.144. The smallest absolute Gasteiger partial charge is 0.306 e. The Labute approximate surface area is 194 Å². The minimum Gasteiger partial charge on any atom is -0.508 e. The summed E-state index contributed by atoms with van der Waals surface area (Å²) in [5.41, 5.74) is 3.02. The molecule has 176 valence electrons. The number of phenolic OH excluding ortho intramolecular Hbond substituents is 1. The highest BCUT2D eigenvalue weighted by Crippen LogP contribution is 2.36. The third kappa shape index (κ3) is 7.98. The standard InChI is InChI=1S/C28H41NO3/c1-6-12-28(31)32-20-23-16-17-27(30)26(19-23)25(24-13-8-7-9-14-24)15-10-11-18-29(21(2)3)22(4)5/h7-9,13-14,16-17,19,21-22,25,30H,6,10-12,15,18,20H2,1-5H3. The Kier molecular flexibility index (Phi) is 10.8. The maximum atomic E-state index is 11.8. The second-order valence-electron chi connectivity index (χ2n) is 9.19. The second-order valence-corrected chi connectivity index (χ2v) is 9.19. The number of hydrogen-bond acceptors (Lipinski definition) is 4. The number of carbonyl (C=O) groups excluding carboxylic acids is 1. The molecular weight excluding hydrogens is 398 g/mol. The van der Waals surface area contributed by atoms with Gasteiger partial charge in [-0.1, -0.05) is 49.7 Å². The van der Waals surface area contributed by atoms with Crippen molar-refractivity contribution in [1.82, 2.24) is 4.90 Å². The van der Waals surface area contributed by atoms with Crippen molar-refractivity contribution in [3.63, 3.8) is 0 Å². The average Bonchev–Trinajstić information content (AvgIpc) is 2.76. The number of rotatable bonds is 13. The molecule has 4 nitrogen and oxygen atoms in total. The predicted octanol–water partition coefficient (Wildman–Crippen LogP) is 6.66. The molecule has 4 heteroatoms. The van der Waals surface area contributed by atoms with Crippen molar-refractivity contribution in [2.45, 2.75) is 91.3 Å². The van der Waals surface area contributed by atoms with Crippen LogP contribution in [0.1, 0.15) is 89.3 Å². The molecule has 0 fully saturated rings. The normalized spacial score (nSPS) is 12.5. The van der Waals surface area contributed by atoms with E-state index in [0.717, 1.165) is 43.4 Å². The maximum absolute atomic E-state index is 11.8. The Bertz CT molecular complexity index is 809. The van der Waals surface area contributed by atoms with Crippen LogP contribution in [0.4, 0.5) is 0 Å². The fourth-order valence-corrected chi connectivity index (χ4v) is 4.36. The average molecular weight is 440 g/mol. The number of benzene rings is 2. The summed E-state index contributed by atoms with van der Waals surface area (Å²) in [4.78, 5) is 14.3. The number of aromatic hydroxyl groups is 1. The summed E-state index contributed by atoms with van der Waals surface area (Å²) in [5, 5.41) is 10.7. The summed E-state index contributed by atoms with van der Waals surface area (Å²) in [6, 6.07) is 17.0. The van der Waals surface area contributed by atoms with Crippen LogP contribution >= 0.6 is 0 Å². The van der Waals surface area contributed by atoms with Gasteiger partial charge in [0.25, 0.3) is 0 Å². The predicted molar refractivity (Wildman–Crippen MR) is 132 cm³/mol. The molecule has 0 aliphatic carbocycles. The van der Waals surface area contributed by atoms with Crippen LogP contribution in [0.3, 0.4) is 0 Å². The quantitative estimate of drug-likeness (QED) is 0.280. The molecule has 0 aliphatic heterocycles. The molecule has 1 N–H and O–H groups in total. The van der Waals surface area contributed by atoms with Gasteiger partial charge in [0, 0.05) is 30.0 Å². The minimum atomic E-state index is -0.179. The van der Waals surface area contributed by atoms with Gasteiger partial charge in [0.05, 0.1) is 0 Å². The van der Waals surface area contributed by atoms with Crippen molar-refractivity contribution >= 4 is 5.97 Å². The van der Waals surface area contributed by atoms with Crippen molar-refractivity contribution in [1.29, 1.82) is 0 Å². The number of nitrogens with zero attached hydrogens (tertiary/aromatic N) is 1. The van der Waals surface area contributed by atoms with Crippen LogP contribution in [0.15, 0.2) is 48.5 Å². The molecule has 2 aromatic rings. The van der Waals surface area contributed by atoms with Crippen LogP contribution in [0, 0.1) is 0 Å². The van der Waals surface area contributed by atoms with Crippen molar-refractivity contribution in [3.05, 3.63) is 65.2 Å². The van der Waals surface area contributed by atoms with Gasteiger partial charge in [-0.05, 0) is 76.8 Å². The zero-order valence-corrected chi connectivity index (χ0v) is 20.5. The molecule has 0 aromatic heterocycles. The molecule has 1 unspecified atom stereocenters. The Morgan fingerprint density at radius 2 is 1.69 bits per heavy atom. The molecule has 0 bridgehead atoms. The van der Waals surface area contributed by atoms with E-state index in [4.69, 9.17) is 4.74 Å². The number of phenols is 1. The zero-order valence-electron chi connectivity index (χ0n) is 20.5. The molecule has 2 rings (SSSR count). The van der Waals surface area contributed by atoms with E-state index >= 15 is 0 Å². The number of ether oxygens (including phenoxy) is 1. The maximum Gasteiger partial charge on any atom is 0.306 e. The van der Waals surface area contributed by atoms with E-state index in [1.165, 1.54) is 5.56 Å². The first kappa shape index (κ1) is 25.9. The Morgan fingerprint density at radius 1 is 1.00 bits per heavy atom. The van der Waals surface area contributed by atoms with Crippen molar-refractivity contribution < 1.29 is 14.6 Å². The van der Waals surface area contributed by atoms with Gasteiger partial charge in [0.1, 0.15) is 12.4 Å². The third-order valence-corrected chi connectivity index (χ3v) is 6.01. The molecule has 0 aliphatic rings. The fraction of sp³-hybridized carbons (Fsp3) is 0.536. The molecule has 2 aromatic carbocycles. The van der Waals surface area contributed by atoms with Crippen LogP contribution in [-0.2, 0) is 16.1 Å². The first-order chi connectivity index (χ1) is 15.3. The number of carbonyl (C=O) groups is 1. The number of esters is 1. The van der Waals surface area contributed by atoms with Gasteiger partial charge in [0.2, 0.25) is 0 Å². The summed E-state index contributed by atoms with van der Waals surface area (Å²) < 4.78 is 5.39. The molecule has 1 atom stereocenters. The number of unbranched alkanes of at least 4 members (excludes halogenated alkanes) is 1. The molecule has 0 saturated carbocycles. The Hall–Kier alpha value is -2.33. The minimum absolute atomic E-state index is 0.106. The van der Waals surface area contributed by atoms with Crippen LogP contribution in [-0.4, -0.2) is 34.6 Å². The van der Waals surface area contributed by atoms with Crippen LogP contribution < -0.4 is 0 Å². The van der Waals surface area contributed by atoms with Gasteiger partial charge in [-0.15, -0.1) is 0 Å². The van der Waals surface area contributed by atoms with Crippen molar-refractivity contribution in [2.24, 2.45) is 0 Å². The van der Waals surface area contributed by atoms with E-state index in [9.17, 15) is 9.90 Å². The number of hydrogen-bond donors (Lipinski definition) is 1. The first-order valence-corrected chi connectivity index (χ1v) is 12.1. The third-order valence-electron chi connectivity index (χ3n) is 6.01. The summed E-state index contributed by atoms with van der Waals surface area (Å²) in [7, 11) is 0. The van der Waals surface area contributed by atoms with Crippen molar-refractivity contribution in [3.8, 4) is 5.75 Å². The molecule has 0 spiro atoms. The first-order valence-electron chi connectivity index (χ1n) is 12.1. The van der Waals surface area contributed by atoms with Gasteiger partial charge in [-0.2, -0.15) is 0 Å². The molecule has 0 saturated heterocycles. The summed E-state index contributed by atoms with van der Waals surface area (Å²) >= 11 is 0. The van der Waals surface area contributed by atoms with Crippen LogP contribution in [0.5, 0.6) is 5.75 Å². The van der Waals surface area contributed by atoms with Gasteiger partial charge >= 0.3 is 5.97 Å². The van der Waals surface area contributed by atoms with E-state index < -0.39 is 0 Å². The fourth-order valence-electron chi connectivity index (χ4n) is 4.36. The van der Waals surface area contributed by atoms with Gasteiger partial charge in [-0.3, -0.25) is 9.69 Å². The molecule has 32 heavy (non-hydrogen) atoms. The van der Waals surface area contributed by atoms with Gasteiger partial charge in [0.15, 0.2) is 0 Å². The SMILES string of the molecule is CCCC(=O)OCc1ccc(O)c(C(CCCCN(C(C)C)C(C)C)c2ccccc2)c1. The molecular formula is C28H41NO3. The summed E-state index contributed by atoms with van der Waals surface area (Å²) in [6.07, 6.45) is 4.36. The largest absolute Gasteiger partial charge is 0.508 e. The highest BCUT2D eigenvalue weighted by atomic mass is 16.5. The Morgan fingerprint density at radius 3 is 2.31 bits per heavy atom. The van der Waals surface area contributed by atoms with Gasteiger partial charge in [-0.25, -0.2) is 0 Å². The molecule has 0 radical (unpaired) electrons. The lowest BCUT2D eigenvalue weighted by Gasteiger charge is -2.30. The lowest BCUT2D eigenvalue weighted by atomic mass is 9.85. The van der Waals surface area contributed by atoms with E-state index in [0.29, 0.717) is 24.3 Å². The zero-order chi connectivity index (χ0) is 23.5. The molecule has 0 heterocycles. The van der Waals surface area contributed by atoms with Crippen LogP contribution in [0.25, 0.3) is 0 Å². The lowest BCUT2D eigenvalue weighted by Crippen LogP contribution is -2.37. The van der Waals surface area contributed by atoms with E-state index in [-0.39, 0.29) is 18.5 Å². The van der Waals surface area contributed by atoms with Crippen LogP contribution in [0.2, 0.25) is 0 Å². The van der Waals surface area contributed by atoms with Gasteiger partial charge < -0.3 is 9.84 Å². The van der Waals surface area contributed by atoms with E-state index in [1.54, 1.807) is 6.07 Å². The topological polar surface area (TPSA) is 49.8 Å².